The highest BCUT2D eigenvalue weighted by atomic mass is 79.9. The van der Waals surface area contributed by atoms with Gasteiger partial charge in [-0.05, 0) is 40.2 Å². The second-order valence-electron chi connectivity index (χ2n) is 4.83. The topological polar surface area (TPSA) is 49.3 Å². The highest BCUT2D eigenvalue weighted by Crippen LogP contribution is 2.14. The lowest BCUT2D eigenvalue weighted by atomic mass is 10.2. The van der Waals surface area contributed by atoms with Crippen molar-refractivity contribution >= 4 is 27.7 Å². The van der Waals surface area contributed by atoms with Gasteiger partial charge in [-0.25, -0.2) is 9.97 Å². The molecule has 0 unspecified atom stereocenters. The first-order valence-electron chi connectivity index (χ1n) is 6.81. The molecule has 5 nitrogen and oxygen atoms in total. The molecular weight excluding hydrogens is 332 g/mol. The third-order valence-corrected chi connectivity index (χ3v) is 3.96. The monoisotopic (exact) mass is 346 g/mol. The predicted molar refractivity (Wildman–Crippen MR) is 84.3 cm³/mol. The fourth-order valence-corrected chi connectivity index (χ4v) is 2.58. The van der Waals surface area contributed by atoms with Crippen LogP contribution in [0.25, 0.3) is 0 Å². The summed E-state index contributed by atoms with van der Waals surface area (Å²) in [6, 6.07) is 9.46. The highest BCUT2D eigenvalue weighted by molar-refractivity contribution is 9.10. The third-order valence-electron chi connectivity index (χ3n) is 3.49. The number of hydrogen-bond donors (Lipinski definition) is 0. The van der Waals surface area contributed by atoms with E-state index in [0.717, 1.165) is 23.4 Å². The Labute approximate surface area is 131 Å². The summed E-state index contributed by atoms with van der Waals surface area (Å²) in [5, 5.41) is 0. The van der Waals surface area contributed by atoms with Crippen LogP contribution in [0, 0.1) is 0 Å². The molecule has 0 spiro atoms. The van der Waals surface area contributed by atoms with Gasteiger partial charge in [-0.2, -0.15) is 0 Å². The summed E-state index contributed by atoms with van der Waals surface area (Å²) in [5.41, 5.74) is 0.490. The Kier molecular flexibility index (Phi) is 4.15. The van der Waals surface area contributed by atoms with Crippen LogP contribution in [0.4, 0.5) is 5.82 Å². The lowest BCUT2D eigenvalue weighted by Crippen LogP contribution is -2.49. The number of nitrogens with zero attached hydrogens (tertiary/aromatic N) is 4. The Morgan fingerprint density at radius 1 is 1.05 bits per heavy atom. The molecule has 0 N–H and O–H groups in total. The van der Waals surface area contributed by atoms with Crippen LogP contribution in [0.2, 0.25) is 0 Å². The molecule has 1 amide bonds. The van der Waals surface area contributed by atoms with Crippen LogP contribution in [-0.2, 0) is 0 Å². The van der Waals surface area contributed by atoms with Gasteiger partial charge >= 0.3 is 0 Å². The van der Waals surface area contributed by atoms with E-state index in [2.05, 4.69) is 30.8 Å². The Morgan fingerprint density at radius 3 is 2.48 bits per heavy atom. The quantitative estimate of drug-likeness (QED) is 0.836. The van der Waals surface area contributed by atoms with Crippen molar-refractivity contribution in [1.82, 2.24) is 14.9 Å². The molecule has 21 heavy (non-hydrogen) atoms. The van der Waals surface area contributed by atoms with Gasteiger partial charge in [-0.1, -0.05) is 6.07 Å². The van der Waals surface area contributed by atoms with E-state index in [-0.39, 0.29) is 5.91 Å². The van der Waals surface area contributed by atoms with E-state index in [1.807, 2.05) is 29.2 Å². The average Bonchev–Trinajstić information content (AvgIpc) is 2.56. The summed E-state index contributed by atoms with van der Waals surface area (Å²) in [6.45, 7) is 2.96. The number of anilines is 1. The van der Waals surface area contributed by atoms with Crippen molar-refractivity contribution in [2.24, 2.45) is 0 Å². The van der Waals surface area contributed by atoms with Crippen molar-refractivity contribution in [2.75, 3.05) is 31.1 Å². The summed E-state index contributed by atoms with van der Waals surface area (Å²) in [4.78, 5) is 24.9. The van der Waals surface area contributed by atoms with Crippen LogP contribution >= 0.6 is 15.9 Å². The van der Waals surface area contributed by atoms with Gasteiger partial charge in [0, 0.05) is 43.0 Å². The molecular formula is C15H15BrN4O. The number of pyridine rings is 2. The van der Waals surface area contributed by atoms with Crippen LogP contribution in [0.15, 0.2) is 47.2 Å². The molecule has 0 saturated carbocycles. The summed E-state index contributed by atoms with van der Waals surface area (Å²) >= 11 is 3.32. The van der Waals surface area contributed by atoms with Gasteiger partial charge in [0.1, 0.15) is 11.5 Å². The standard InChI is InChI=1S/C15H15BrN4O/c16-12-4-5-13(18-11-12)15(21)20-9-7-19(8-10-20)14-3-1-2-6-17-14/h1-6,11H,7-10H2. The Balaban J connectivity index is 1.63. The first-order valence-corrected chi connectivity index (χ1v) is 7.60. The fourth-order valence-electron chi connectivity index (χ4n) is 2.34. The van der Waals surface area contributed by atoms with Gasteiger partial charge in [-0.15, -0.1) is 0 Å². The molecule has 1 aliphatic rings. The number of amides is 1. The zero-order valence-corrected chi connectivity index (χ0v) is 13.0. The third kappa shape index (κ3) is 3.21. The molecule has 3 heterocycles. The molecule has 6 heteroatoms. The normalized spacial score (nSPS) is 15.1. The molecule has 108 valence electrons. The van der Waals surface area contributed by atoms with Gasteiger partial charge in [-0.3, -0.25) is 4.79 Å². The van der Waals surface area contributed by atoms with E-state index in [1.165, 1.54) is 0 Å². The van der Waals surface area contributed by atoms with Crippen molar-refractivity contribution in [3.63, 3.8) is 0 Å². The van der Waals surface area contributed by atoms with Gasteiger partial charge in [0.25, 0.3) is 5.91 Å². The van der Waals surface area contributed by atoms with Gasteiger partial charge in [0.2, 0.25) is 0 Å². The van der Waals surface area contributed by atoms with E-state index in [4.69, 9.17) is 0 Å². The smallest absolute Gasteiger partial charge is 0.272 e. The maximum absolute atomic E-state index is 12.4. The first kappa shape index (κ1) is 14.0. The molecule has 2 aromatic rings. The zero-order valence-electron chi connectivity index (χ0n) is 11.4. The molecule has 0 atom stereocenters. The fraction of sp³-hybridized carbons (Fsp3) is 0.267. The Hall–Kier alpha value is -1.95. The van der Waals surface area contributed by atoms with Gasteiger partial charge in [0.15, 0.2) is 0 Å². The van der Waals surface area contributed by atoms with Crippen LogP contribution < -0.4 is 4.90 Å². The molecule has 0 bridgehead atoms. The van der Waals surface area contributed by atoms with Crippen LogP contribution in [0.3, 0.4) is 0 Å². The van der Waals surface area contributed by atoms with E-state index in [9.17, 15) is 4.79 Å². The Morgan fingerprint density at radius 2 is 1.86 bits per heavy atom. The second kappa shape index (κ2) is 6.22. The SMILES string of the molecule is O=C(c1ccc(Br)cn1)N1CCN(c2ccccn2)CC1. The molecule has 0 aliphatic carbocycles. The zero-order chi connectivity index (χ0) is 14.7. The minimum atomic E-state index is -0.0110. The number of piperazine rings is 1. The number of hydrogen-bond acceptors (Lipinski definition) is 4. The molecule has 1 saturated heterocycles. The Bertz CT molecular complexity index is 609. The van der Waals surface area contributed by atoms with E-state index < -0.39 is 0 Å². The number of aromatic nitrogens is 2. The molecule has 0 aromatic carbocycles. The molecule has 1 fully saturated rings. The maximum atomic E-state index is 12.4. The van der Waals surface area contributed by atoms with Crippen molar-refractivity contribution in [3.8, 4) is 0 Å². The number of halogens is 1. The highest BCUT2D eigenvalue weighted by Gasteiger charge is 2.23. The number of carbonyl (C=O) groups is 1. The number of carbonyl (C=O) groups excluding carboxylic acids is 1. The largest absolute Gasteiger partial charge is 0.353 e. The van der Waals surface area contributed by atoms with Crippen molar-refractivity contribution in [3.05, 3.63) is 52.9 Å². The average molecular weight is 347 g/mol. The van der Waals surface area contributed by atoms with Gasteiger partial charge in [0.05, 0.1) is 0 Å². The van der Waals surface area contributed by atoms with Crippen molar-refractivity contribution in [2.45, 2.75) is 0 Å². The van der Waals surface area contributed by atoms with Crippen LogP contribution in [-0.4, -0.2) is 47.0 Å². The lowest BCUT2D eigenvalue weighted by Gasteiger charge is -2.35. The molecule has 0 radical (unpaired) electrons. The molecule has 2 aromatic heterocycles. The molecule has 1 aliphatic heterocycles. The number of rotatable bonds is 2. The first-order chi connectivity index (χ1) is 10.2. The van der Waals surface area contributed by atoms with Crippen LogP contribution in [0.1, 0.15) is 10.5 Å². The summed E-state index contributed by atoms with van der Waals surface area (Å²) in [7, 11) is 0. The summed E-state index contributed by atoms with van der Waals surface area (Å²) < 4.78 is 0.874. The van der Waals surface area contributed by atoms with Crippen molar-refractivity contribution < 1.29 is 4.79 Å². The van der Waals surface area contributed by atoms with Gasteiger partial charge < -0.3 is 9.80 Å². The summed E-state index contributed by atoms with van der Waals surface area (Å²) in [6.07, 6.45) is 3.44. The second-order valence-corrected chi connectivity index (χ2v) is 5.74. The van der Waals surface area contributed by atoms with E-state index >= 15 is 0 Å². The maximum Gasteiger partial charge on any atom is 0.272 e. The van der Waals surface area contributed by atoms with E-state index in [1.54, 1.807) is 18.5 Å². The minimum absolute atomic E-state index is 0.0110. The summed E-state index contributed by atoms with van der Waals surface area (Å²) in [5.74, 6) is 0.953. The molecule has 3 rings (SSSR count). The lowest BCUT2D eigenvalue weighted by molar-refractivity contribution is 0.0740. The van der Waals surface area contributed by atoms with E-state index in [0.29, 0.717) is 18.8 Å². The van der Waals surface area contributed by atoms with Crippen molar-refractivity contribution in [1.29, 1.82) is 0 Å². The minimum Gasteiger partial charge on any atom is -0.353 e. The van der Waals surface area contributed by atoms with Crippen LogP contribution in [0.5, 0.6) is 0 Å². The predicted octanol–water partition coefficient (Wildman–Crippen LogP) is 2.20.